The van der Waals surface area contributed by atoms with Gasteiger partial charge in [-0.15, -0.1) is 0 Å². The van der Waals surface area contributed by atoms with Gasteiger partial charge in [0.15, 0.2) is 0 Å². The summed E-state index contributed by atoms with van der Waals surface area (Å²) < 4.78 is 0. The Labute approximate surface area is 172 Å². The summed E-state index contributed by atoms with van der Waals surface area (Å²) in [6, 6.07) is 0. The minimum Gasteiger partial charge on any atom is -0.350 e. The topological polar surface area (TPSA) is 87.3 Å². The maximum atomic E-state index is 12.1. The summed E-state index contributed by atoms with van der Waals surface area (Å²) in [4.78, 5) is 36.3. The largest absolute Gasteiger partial charge is 0.350 e. The maximum Gasteiger partial charge on any atom is 0.231 e. The summed E-state index contributed by atoms with van der Waals surface area (Å²) in [5.74, 6) is 0.223. The maximum absolute atomic E-state index is 12.1. The lowest BCUT2D eigenvalue weighted by Crippen LogP contribution is -2.77. The van der Waals surface area contributed by atoms with Gasteiger partial charge in [0.1, 0.15) is 0 Å². The van der Waals surface area contributed by atoms with Crippen LogP contribution < -0.4 is 16.0 Å². The minimum atomic E-state index is -0.372. The predicted octanol–water partition coefficient (Wildman–Crippen LogP) is 1.73. The molecular weight excluding hydrogens is 522 g/mol. The van der Waals surface area contributed by atoms with Crippen molar-refractivity contribution in [3.05, 3.63) is 0 Å². The van der Waals surface area contributed by atoms with E-state index in [1.54, 1.807) is 0 Å². The Morgan fingerprint density at radius 2 is 0.960 bits per heavy atom. The van der Waals surface area contributed by atoms with Gasteiger partial charge < -0.3 is 16.0 Å². The standard InChI is InChI=1S/C16H22Br3N3O3/c17-4-11(23)20-14-1-10-2-15(7-14,21-12(24)5-18)9-16(3-10,8-14)22-13(25)6-19/h10H,1-9H2,(H,20,23)(H,21,24)(H,22,25). The minimum absolute atomic E-state index is 0.0501. The Hall–Kier alpha value is -0.150. The molecule has 140 valence electrons. The average Bonchev–Trinajstić information content (AvgIpc) is 2.51. The van der Waals surface area contributed by atoms with Crippen molar-refractivity contribution in [2.24, 2.45) is 5.92 Å². The number of nitrogens with one attached hydrogen (secondary N) is 3. The van der Waals surface area contributed by atoms with Crippen LogP contribution in [0.25, 0.3) is 0 Å². The SMILES string of the molecule is O=C(CBr)NC12CC3CC(NC(=O)CBr)(C1)CC(NC(=O)CBr)(C3)C2. The van der Waals surface area contributed by atoms with Crippen LogP contribution in [0.3, 0.4) is 0 Å². The summed E-state index contributed by atoms with van der Waals surface area (Å²) in [6.07, 6.45) is 4.89. The zero-order chi connectivity index (χ0) is 18.3. The van der Waals surface area contributed by atoms with E-state index in [2.05, 4.69) is 63.7 Å². The number of carbonyl (C=O) groups excluding carboxylic acids is 3. The lowest BCUT2D eigenvalue weighted by molar-refractivity contribution is -0.136. The molecule has 0 aromatic heterocycles. The molecule has 0 aliphatic heterocycles. The van der Waals surface area contributed by atoms with Gasteiger partial charge in [-0.05, 0) is 44.4 Å². The van der Waals surface area contributed by atoms with Crippen molar-refractivity contribution < 1.29 is 14.4 Å². The van der Waals surface area contributed by atoms with E-state index >= 15 is 0 Å². The van der Waals surface area contributed by atoms with Crippen LogP contribution in [-0.4, -0.2) is 50.3 Å². The average molecular weight is 544 g/mol. The summed E-state index contributed by atoms with van der Waals surface area (Å²) in [5.41, 5.74) is -1.11. The van der Waals surface area contributed by atoms with Crippen LogP contribution in [0.2, 0.25) is 0 Å². The molecule has 3 N–H and O–H groups in total. The lowest BCUT2D eigenvalue weighted by Gasteiger charge is -2.66. The number of carbonyl (C=O) groups is 3. The predicted molar refractivity (Wildman–Crippen MR) is 105 cm³/mol. The van der Waals surface area contributed by atoms with Crippen molar-refractivity contribution in [3.63, 3.8) is 0 Å². The van der Waals surface area contributed by atoms with E-state index in [-0.39, 0.29) is 50.3 Å². The van der Waals surface area contributed by atoms with Crippen LogP contribution in [0.1, 0.15) is 38.5 Å². The normalized spacial score (nSPS) is 38.3. The first-order valence-corrected chi connectivity index (χ1v) is 11.7. The van der Waals surface area contributed by atoms with E-state index in [0.29, 0.717) is 5.92 Å². The third-order valence-electron chi connectivity index (χ3n) is 5.65. The first-order valence-electron chi connectivity index (χ1n) is 8.38. The molecule has 0 atom stereocenters. The molecule has 0 saturated heterocycles. The molecule has 6 nitrogen and oxygen atoms in total. The highest BCUT2D eigenvalue weighted by atomic mass is 79.9. The Morgan fingerprint density at radius 1 is 0.680 bits per heavy atom. The molecule has 0 unspecified atom stereocenters. The number of hydrogen-bond acceptors (Lipinski definition) is 3. The van der Waals surface area contributed by atoms with Crippen LogP contribution in [0.15, 0.2) is 0 Å². The molecule has 4 rings (SSSR count). The fourth-order valence-electron chi connectivity index (χ4n) is 5.84. The molecule has 25 heavy (non-hydrogen) atoms. The van der Waals surface area contributed by atoms with Crippen molar-refractivity contribution >= 4 is 65.5 Å². The van der Waals surface area contributed by atoms with Gasteiger partial charge in [-0.3, -0.25) is 14.4 Å². The molecule has 0 heterocycles. The van der Waals surface area contributed by atoms with Crippen molar-refractivity contribution in [2.75, 3.05) is 16.0 Å². The fraction of sp³-hybridized carbons (Fsp3) is 0.812. The van der Waals surface area contributed by atoms with E-state index in [4.69, 9.17) is 0 Å². The van der Waals surface area contributed by atoms with Crippen LogP contribution in [0.5, 0.6) is 0 Å². The zero-order valence-corrected chi connectivity index (χ0v) is 18.6. The molecule has 0 spiro atoms. The van der Waals surface area contributed by atoms with Crippen LogP contribution in [-0.2, 0) is 14.4 Å². The second kappa shape index (κ2) is 7.11. The van der Waals surface area contributed by atoms with Crippen molar-refractivity contribution in [2.45, 2.75) is 55.1 Å². The third kappa shape index (κ3) is 3.93. The highest BCUT2D eigenvalue weighted by Crippen LogP contribution is 2.59. The fourth-order valence-corrected chi connectivity index (χ4v) is 6.26. The van der Waals surface area contributed by atoms with Crippen LogP contribution in [0, 0.1) is 5.92 Å². The Bertz CT molecular complexity index is 512. The number of amides is 3. The van der Waals surface area contributed by atoms with E-state index in [1.807, 2.05) is 0 Å². The summed E-state index contributed by atoms with van der Waals surface area (Å²) in [5, 5.41) is 10.3. The van der Waals surface area contributed by atoms with Gasteiger partial charge in [-0.2, -0.15) is 0 Å². The third-order valence-corrected chi connectivity index (χ3v) is 7.17. The van der Waals surface area contributed by atoms with E-state index < -0.39 is 0 Å². The van der Waals surface area contributed by atoms with Gasteiger partial charge in [0, 0.05) is 16.6 Å². The van der Waals surface area contributed by atoms with Gasteiger partial charge in [0.25, 0.3) is 0 Å². The molecule has 3 amide bonds. The number of alkyl halides is 3. The Kier molecular flexibility index (Phi) is 5.58. The lowest BCUT2D eigenvalue weighted by atomic mass is 9.47. The molecule has 4 aliphatic rings. The molecule has 4 fully saturated rings. The monoisotopic (exact) mass is 541 g/mol. The van der Waals surface area contributed by atoms with Gasteiger partial charge in [-0.1, -0.05) is 47.8 Å². The van der Waals surface area contributed by atoms with E-state index in [0.717, 1.165) is 38.5 Å². The van der Waals surface area contributed by atoms with E-state index in [1.165, 1.54) is 0 Å². The van der Waals surface area contributed by atoms with Gasteiger partial charge in [-0.25, -0.2) is 0 Å². The molecule has 4 bridgehead atoms. The Morgan fingerprint density at radius 3 is 1.20 bits per heavy atom. The van der Waals surface area contributed by atoms with Crippen LogP contribution in [0.4, 0.5) is 0 Å². The highest BCUT2D eigenvalue weighted by molar-refractivity contribution is 9.09. The molecule has 9 heteroatoms. The second-order valence-electron chi connectivity index (χ2n) is 7.90. The summed E-state index contributed by atoms with van der Waals surface area (Å²) in [7, 11) is 0. The summed E-state index contributed by atoms with van der Waals surface area (Å²) >= 11 is 9.66. The quantitative estimate of drug-likeness (QED) is 0.446. The van der Waals surface area contributed by atoms with Crippen molar-refractivity contribution in [1.29, 1.82) is 0 Å². The zero-order valence-electron chi connectivity index (χ0n) is 13.8. The first kappa shape index (κ1) is 19.6. The number of rotatable bonds is 6. The summed E-state index contributed by atoms with van der Waals surface area (Å²) in [6.45, 7) is 0. The molecule has 0 aromatic carbocycles. The van der Waals surface area contributed by atoms with Crippen molar-refractivity contribution in [1.82, 2.24) is 16.0 Å². The van der Waals surface area contributed by atoms with Gasteiger partial charge in [0.2, 0.25) is 17.7 Å². The van der Waals surface area contributed by atoms with Gasteiger partial charge in [0.05, 0.1) is 16.0 Å². The smallest absolute Gasteiger partial charge is 0.231 e. The second-order valence-corrected chi connectivity index (χ2v) is 9.58. The number of hydrogen-bond donors (Lipinski definition) is 3. The van der Waals surface area contributed by atoms with Gasteiger partial charge >= 0.3 is 0 Å². The molecule has 0 aromatic rings. The van der Waals surface area contributed by atoms with E-state index in [9.17, 15) is 14.4 Å². The van der Waals surface area contributed by atoms with Crippen molar-refractivity contribution in [3.8, 4) is 0 Å². The molecule has 4 saturated carbocycles. The van der Waals surface area contributed by atoms with Crippen LogP contribution >= 0.6 is 47.8 Å². The molecule has 0 radical (unpaired) electrons. The molecular formula is C16H22Br3N3O3. The molecule has 4 aliphatic carbocycles. The highest BCUT2D eigenvalue weighted by Gasteiger charge is 2.64. The first-order chi connectivity index (χ1) is 11.8. The Balaban J connectivity index is 1.93. The number of halogens is 3.